The molecular formula is C27H24O2S. The van der Waals surface area contributed by atoms with Crippen LogP contribution < -0.4 is 0 Å². The van der Waals surface area contributed by atoms with Crippen LogP contribution >= 0.6 is 11.3 Å². The Morgan fingerprint density at radius 3 is 2.17 bits per heavy atom. The average Bonchev–Trinajstić information content (AvgIpc) is 3.39. The summed E-state index contributed by atoms with van der Waals surface area (Å²) in [5.74, 6) is 0.560. The van der Waals surface area contributed by atoms with Crippen molar-refractivity contribution in [2.24, 2.45) is 0 Å². The number of aryl methyl sites for hydroxylation is 1. The molecule has 0 radical (unpaired) electrons. The number of fused-ring (bicyclic) bond motifs is 1. The summed E-state index contributed by atoms with van der Waals surface area (Å²) in [5.41, 5.74) is 7.71. The summed E-state index contributed by atoms with van der Waals surface area (Å²) in [6, 6.07) is 22.0. The van der Waals surface area contributed by atoms with Crippen molar-refractivity contribution < 1.29 is 10.2 Å². The van der Waals surface area contributed by atoms with Gasteiger partial charge in [-0.2, -0.15) is 0 Å². The third-order valence-corrected chi connectivity index (χ3v) is 7.16. The van der Waals surface area contributed by atoms with Crippen LogP contribution in [0.25, 0.3) is 26.1 Å². The minimum Gasteiger partial charge on any atom is -0.508 e. The quantitative estimate of drug-likeness (QED) is 0.362. The molecule has 1 aliphatic rings. The number of benzene rings is 3. The fraction of sp³-hybridized carbons (Fsp3) is 0.185. The van der Waals surface area contributed by atoms with Crippen molar-refractivity contribution >= 4 is 27.0 Å². The third kappa shape index (κ3) is 3.40. The highest BCUT2D eigenvalue weighted by molar-refractivity contribution is 7.22. The van der Waals surface area contributed by atoms with Gasteiger partial charge in [-0.1, -0.05) is 35.4 Å². The van der Waals surface area contributed by atoms with Crippen LogP contribution in [0, 0.1) is 6.92 Å². The first-order chi connectivity index (χ1) is 14.6. The summed E-state index contributed by atoms with van der Waals surface area (Å²) < 4.78 is 1.08. The summed E-state index contributed by atoms with van der Waals surface area (Å²) in [6.45, 7) is 2.12. The third-order valence-electron chi connectivity index (χ3n) is 5.95. The van der Waals surface area contributed by atoms with Crippen molar-refractivity contribution in [3.8, 4) is 21.9 Å². The van der Waals surface area contributed by atoms with Gasteiger partial charge in [0.1, 0.15) is 11.5 Å². The van der Waals surface area contributed by atoms with Gasteiger partial charge in [0.25, 0.3) is 0 Å². The molecule has 5 rings (SSSR count). The molecule has 3 aromatic carbocycles. The molecule has 150 valence electrons. The molecule has 2 N–H and O–H groups in total. The zero-order valence-corrected chi connectivity index (χ0v) is 17.8. The fourth-order valence-electron chi connectivity index (χ4n) is 4.45. The minimum absolute atomic E-state index is 0.270. The highest BCUT2D eigenvalue weighted by Crippen LogP contribution is 2.48. The average molecular weight is 413 g/mol. The van der Waals surface area contributed by atoms with Crippen molar-refractivity contribution in [3.05, 3.63) is 89.0 Å². The number of phenolic OH excluding ortho intramolecular Hbond substituents is 2. The molecule has 30 heavy (non-hydrogen) atoms. The lowest BCUT2D eigenvalue weighted by atomic mass is 9.88. The van der Waals surface area contributed by atoms with Gasteiger partial charge in [-0.15, -0.1) is 11.3 Å². The number of phenols is 2. The molecule has 1 fully saturated rings. The number of hydrogen-bond donors (Lipinski definition) is 2. The molecule has 1 aliphatic carbocycles. The molecule has 1 heterocycles. The smallest absolute Gasteiger partial charge is 0.117 e. The van der Waals surface area contributed by atoms with Crippen LogP contribution in [0.3, 0.4) is 0 Å². The molecule has 0 bridgehead atoms. The van der Waals surface area contributed by atoms with E-state index in [4.69, 9.17) is 0 Å². The Balaban J connectivity index is 1.84. The Bertz CT molecular complexity index is 1240. The van der Waals surface area contributed by atoms with E-state index in [1.54, 1.807) is 29.5 Å². The van der Waals surface area contributed by atoms with Gasteiger partial charge in [0.05, 0.1) is 0 Å². The van der Waals surface area contributed by atoms with Crippen molar-refractivity contribution in [1.29, 1.82) is 0 Å². The Kier molecular flexibility index (Phi) is 4.84. The number of allylic oxidation sites excluding steroid dienone is 1. The first-order valence-corrected chi connectivity index (χ1v) is 11.3. The van der Waals surface area contributed by atoms with Gasteiger partial charge in [0, 0.05) is 20.5 Å². The van der Waals surface area contributed by atoms with Crippen LogP contribution in [0.1, 0.15) is 42.4 Å². The second kappa shape index (κ2) is 7.66. The van der Waals surface area contributed by atoms with Crippen LogP contribution in [0.2, 0.25) is 0 Å². The number of aromatic hydroxyl groups is 2. The van der Waals surface area contributed by atoms with E-state index in [0.717, 1.165) is 23.1 Å². The van der Waals surface area contributed by atoms with Crippen LogP contribution in [-0.2, 0) is 0 Å². The molecule has 0 spiro atoms. The van der Waals surface area contributed by atoms with Gasteiger partial charge in [0.15, 0.2) is 0 Å². The van der Waals surface area contributed by atoms with Crippen LogP contribution in [-0.4, -0.2) is 10.2 Å². The molecule has 4 aromatic rings. The Morgan fingerprint density at radius 2 is 1.47 bits per heavy atom. The van der Waals surface area contributed by atoms with Crippen LogP contribution in [0.4, 0.5) is 0 Å². The second-order valence-electron chi connectivity index (χ2n) is 8.09. The van der Waals surface area contributed by atoms with E-state index < -0.39 is 0 Å². The highest BCUT2D eigenvalue weighted by Gasteiger charge is 2.23. The molecule has 0 atom stereocenters. The Morgan fingerprint density at radius 1 is 0.800 bits per heavy atom. The summed E-state index contributed by atoms with van der Waals surface area (Å²) in [6.07, 6.45) is 4.74. The van der Waals surface area contributed by atoms with E-state index in [0.29, 0.717) is 0 Å². The van der Waals surface area contributed by atoms with Gasteiger partial charge in [-0.05, 0) is 91.8 Å². The van der Waals surface area contributed by atoms with Crippen LogP contribution in [0.5, 0.6) is 11.5 Å². The molecule has 2 nitrogen and oxygen atoms in total. The minimum atomic E-state index is 0.270. The van der Waals surface area contributed by atoms with Crippen molar-refractivity contribution in [2.75, 3.05) is 0 Å². The maximum Gasteiger partial charge on any atom is 0.117 e. The number of hydrogen-bond acceptors (Lipinski definition) is 3. The Hall–Kier alpha value is -3.04. The predicted octanol–water partition coefficient (Wildman–Crippen LogP) is 7.66. The van der Waals surface area contributed by atoms with E-state index in [1.807, 2.05) is 24.3 Å². The summed E-state index contributed by atoms with van der Waals surface area (Å²) in [5, 5.41) is 21.1. The van der Waals surface area contributed by atoms with E-state index in [2.05, 4.69) is 31.2 Å². The van der Waals surface area contributed by atoms with Crippen molar-refractivity contribution in [2.45, 2.75) is 32.6 Å². The van der Waals surface area contributed by atoms with Gasteiger partial charge < -0.3 is 10.2 Å². The molecule has 1 aromatic heterocycles. The largest absolute Gasteiger partial charge is 0.508 e. The van der Waals surface area contributed by atoms with Crippen molar-refractivity contribution in [3.63, 3.8) is 0 Å². The monoisotopic (exact) mass is 412 g/mol. The molecule has 0 unspecified atom stereocenters. The first-order valence-electron chi connectivity index (χ1n) is 10.4. The van der Waals surface area contributed by atoms with Crippen molar-refractivity contribution in [1.82, 2.24) is 0 Å². The highest BCUT2D eigenvalue weighted by atomic mass is 32.1. The standard InChI is InChI=1S/C27H24O2S/c1-17-6-8-19(9-7-17)25(18-4-2-3-5-18)26-23-15-14-22(29)16-24(23)30-27(26)20-10-12-21(28)13-11-20/h6-16,28-29H,2-5H2,1H3. The lowest BCUT2D eigenvalue weighted by molar-refractivity contribution is 0.475. The summed E-state index contributed by atoms with van der Waals surface area (Å²) >= 11 is 1.71. The van der Waals surface area contributed by atoms with Gasteiger partial charge >= 0.3 is 0 Å². The molecule has 0 amide bonds. The van der Waals surface area contributed by atoms with E-state index in [9.17, 15) is 10.2 Å². The molecule has 0 aliphatic heterocycles. The zero-order chi connectivity index (χ0) is 20.7. The Labute approximate surface area is 180 Å². The van der Waals surface area contributed by atoms with E-state index >= 15 is 0 Å². The zero-order valence-electron chi connectivity index (χ0n) is 17.0. The van der Waals surface area contributed by atoms with Crippen LogP contribution in [0.15, 0.2) is 72.3 Å². The van der Waals surface area contributed by atoms with Gasteiger partial charge in [-0.25, -0.2) is 0 Å². The summed E-state index contributed by atoms with van der Waals surface area (Å²) in [7, 11) is 0. The van der Waals surface area contributed by atoms with Gasteiger partial charge in [0.2, 0.25) is 0 Å². The van der Waals surface area contributed by atoms with E-state index in [-0.39, 0.29) is 11.5 Å². The molecule has 3 heteroatoms. The number of thiophene rings is 1. The molecule has 1 saturated carbocycles. The SMILES string of the molecule is Cc1ccc(C(=C2CCCC2)c2c(-c3ccc(O)cc3)sc3cc(O)ccc23)cc1. The maximum atomic E-state index is 10.1. The fourth-order valence-corrected chi connectivity index (χ4v) is 5.69. The maximum absolute atomic E-state index is 10.1. The van der Waals surface area contributed by atoms with Gasteiger partial charge in [-0.3, -0.25) is 0 Å². The first kappa shape index (κ1) is 19.0. The van der Waals surface area contributed by atoms with E-state index in [1.165, 1.54) is 50.9 Å². The predicted molar refractivity (Wildman–Crippen MR) is 126 cm³/mol. The second-order valence-corrected chi connectivity index (χ2v) is 9.14. The normalized spacial score (nSPS) is 13.8. The number of rotatable bonds is 3. The molecular weight excluding hydrogens is 388 g/mol. The lowest BCUT2D eigenvalue weighted by Crippen LogP contribution is -1.94. The lowest BCUT2D eigenvalue weighted by Gasteiger charge is -2.15. The summed E-state index contributed by atoms with van der Waals surface area (Å²) in [4.78, 5) is 1.19. The topological polar surface area (TPSA) is 40.5 Å². The molecule has 0 saturated heterocycles.